The lowest BCUT2D eigenvalue weighted by Gasteiger charge is -2.12. The molecule has 0 radical (unpaired) electrons. The number of hydrogen-bond acceptors (Lipinski definition) is 0. The molecule has 0 saturated carbocycles. The summed E-state index contributed by atoms with van der Waals surface area (Å²) < 4.78 is 0. The van der Waals surface area contributed by atoms with Gasteiger partial charge in [-0.15, -0.1) is 0 Å². The summed E-state index contributed by atoms with van der Waals surface area (Å²) in [4.78, 5) is 0. The quantitative estimate of drug-likeness (QED) is 0.535. The van der Waals surface area contributed by atoms with E-state index in [1.807, 2.05) is 0 Å². The Hall–Kier alpha value is -0.260. The van der Waals surface area contributed by atoms with E-state index < -0.39 is 0 Å². The lowest BCUT2D eigenvalue weighted by atomic mass is 9.94. The van der Waals surface area contributed by atoms with E-state index in [-0.39, 0.29) is 0 Å². The van der Waals surface area contributed by atoms with E-state index in [1.165, 1.54) is 38.5 Å². The molecular formula is C11H20. The fourth-order valence-corrected chi connectivity index (χ4v) is 1.87. The molecule has 0 bridgehead atoms. The zero-order valence-electron chi connectivity index (χ0n) is 7.90. The van der Waals surface area contributed by atoms with E-state index in [1.54, 1.807) is 5.57 Å². The lowest BCUT2D eigenvalue weighted by molar-refractivity contribution is 0.484. The number of hydrogen-bond donors (Lipinski definition) is 0. The van der Waals surface area contributed by atoms with Gasteiger partial charge in [-0.1, -0.05) is 38.3 Å². The maximum absolute atomic E-state index is 2.46. The van der Waals surface area contributed by atoms with Crippen LogP contribution in [0.3, 0.4) is 0 Å². The van der Waals surface area contributed by atoms with Crippen molar-refractivity contribution in [3.63, 3.8) is 0 Å². The smallest absolute Gasteiger partial charge is 0.0292 e. The summed E-state index contributed by atoms with van der Waals surface area (Å²) in [5, 5.41) is 0. The average Bonchev–Trinajstić information content (AvgIpc) is 2.52. The van der Waals surface area contributed by atoms with Gasteiger partial charge in [0.1, 0.15) is 0 Å². The van der Waals surface area contributed by atoms with Crippen LogP contribution in [0.25, 0.3) is 0 Å². The van der Waals surface area contributed by atoms with E-state index in [9.17, 15) is 0 Å². The highest BCUT2D eigenvalue weighted by Gasteiger charge is 2.09. The summed E-state index contributed by atoms with van der Waals surface area (Å²) in [6, 6.07) is 0. The second-order valence-electron chi connectivity index (χ2n) is 3.64. The Morgan fingerprint density at radius 3 is 2.55 bits per heavy atom. The Bertz CT molecular complexity index is 129. The zero-order valence-corrected chi connectivity index (χ0v) is 7.90. The highest BCUT2D eigenvalue weighted by Crippen LogP contribution is 2.26. The summed E-state index contributed by atoms with van der Waals surface area (Å²) in [6.07, 6.45) is 10.7. The van der Waals surface area contributed by atoms with Crippen molar-refractivity contribution in [3.8, 4) is 0 Å². The molecule has 0 amide bonds. The Morgan fingerprint density at radius 2 is 2.09 bits per heavy atom. The van der Waals surface area contributed by atoms with Crippen LogP contribution in [-0.2, 0) is 0 Å². The number of allylic oxidation sites excluding steroid dienone is 2. The summed E-state index contributed by atoms with van der Waals surface area (Å²) >= 11 is 0. The average molecular weight is 152 g/mol. The molecule has 0 atom stereocenters. The van der Waals surface area contributed by atoms with E-state index in [2.05, 4.69) is 19.9 Å². The first-order valence-electron chi connectivity index (χ1n) is 5.04. The normalized spacial score (nSPS) is 17.5. The maximum atomic E-state index is 2.46. The van der Waals surface area contributed by atoms with Gasteiger partial charge in [0.2, 0.25) is 0 Å². The molecule has 0 fully saturated rings. The van der Waals surface area contributed by atoms with Crippen molar-refractivity contribution < 1.29 is 0 Å². The molecule has 64 valence electrons. The van der Waals surface area contributed by atoms with Crippen molar-refractivity contribution in [2.24, 2.45) is 5.92 Å². The molecule has 0 heteroatoms. The van der Waals surface area contributed by atoms with Crippen LogP contribution in [-0.4, -0.2) is 0 Å². The molecule has 0 unspecified atom stereocenters. The van der Waals surface area contributed by atoms with Gasteiger partial charge < -0.3 is 0 Å². The molecule has 0 N–H and O–H groups in total. The lowest BCUT2D eigenvalue weighted by Crippen LogP contribution is -1.97. The minimum absolute atomic E-state index is 0.958. The van der Waals surface area contributed by atoms with Crippen LogP contribution in [0.4, 0.5) is 0 Å². The first kappa shape index (κ1) is 8.83. The van der Waals surface area contributed by atoms with Crippen LogP contribution in [0.1, 0.15) is 52.4 Å². The highest BCUT2D eigenvalue weighted by atomic mass is 14.2. The van der Waals surface area contributed by atoms with Gasteiger partial charge in [0.15, 0.2) is 0 Å². The SMILES string of the molecule is CCC(CC)CC1=CCCC1. The summed E-state index contributed by atoms with van der Waals surface area (Å²) in [7, 11) is 0. The molecule has 11 heavy (non-hydrogen) atoms. The van der Waals surface area contributed by atoms with Crippen LogP contribution < -0.4 is 0 Å². The molecule has 0 aromatic heterocycles. The molecule has 0 saturated heterocycles. The molecule has 0 aromatic rings. The summed E-state index contributed by atoms with van der Waals surface area (Å²) in [5.74, 6) is 0.958. The molecule has 0 heterocycles. The van der Waals surface area contributed by atoms with Gasteiger partial charge in [-0.25, -0.2) is 0 Å². The van der Waals surface area contributed by atoms with Gasteiger partial charge in [-0.2, -0.15) is 0 Å². The molecule has 1 rings (SSSR count). The van der Waals surface area contributed by atoms with Crippen molar-refractivity contribution in [2.45, 2.75) is 52.4 Å². The predicted octanol–water partition coefficient (Wildman–Crippen LogP) is 3.92. The molecule has 0 aromatic carbocycles. The Kier molecular flexibility index (Phi) is 3.68. The van der Waals surface area contributed by atoms with Crippen LogP contribution in [0.2, 0.25) is 0 Å². The zero-order chi connectivity index (χ0) is 8.10. The van der Waals surface area contributed by atoms with Gasteiger partial charge in [-0.3, -0.25) is 0 Å². The molecule has 0 nitrogen and oxygen atoms in total. The van der Waals surface area contributed by atoms with Crippen LogP contribution in [0, 0.1) is 5.92 Å². The summed E-state index contributed by atoms with van der Waals surface area (Å²) in [6.45, 7) is 4.62. The minimum atomic E-state index is 0.958. The Balaban J connectivity index is 2.27. The minimum Gasteiger partial charge on any atom is -0.0853 e. The largest absolute Gasteiger partial charge is 0.0853 e. The molecule has 1 aliphatic carbocycles. The first-order valence-corrected chi connectivity index (χ1v) is 5.04. The first-order chi connectivity index (χ1) is 5.36. The topological polar surface area (TPSA) is 0 Å². The van der Waals surface area contributed by atoms with Gasteiger partial charge in [0.25, 0.3) is 0 Å². The number of rotatable bonds is 4. The van der Waals surface area contributed by atoms with E-state index in [4.69, 9.17) is 0 Å². The Morgan fingerprint density at radius 1 is 1.36 bits per heavy atom. The molecule has 1 aliphatic rings. The fraction of sp³-hybridized carbons (Fsp3) is 0.818. The van der Waals surface area contributed by atoms with Crippen molar-refractivity contribution in [1.82, 2.24) is 0 Å². The third kappa shape index (κ3) is 2.69. The third-order valence-electron chi connectivity index (χ3n) is 2.84. The standard InChI is InChI=1S/C11H20/c1-3-10(4-2)9-11-7-5-6-8-11/h7,10H,3-6,8-9H2,1-2H3. The van der Waals surface area contributed by atoms with Crippen LogP contribution in [0.5, 0.6) is 0 Å². The Labute approximate surface area is 70.7 Å². The second-order valence-corrected chi connectivity index (χ2v) is 3.64. The molecule has 0 aliphatic heterocycles. The third-order valence-corrected chi connectivity index (χ3v) is 2.84. The van der Waals surface area contributed by atoms with E-state index >= 15 is 0 Å². The molecule has 0 spiro atoms. The molecular weight excluding hydrogens is 132 g/mol. The van der Waals surface area contributed by atoms with Gasteiger partial charge in [-0.05, 0) is 31.6 Å². The van der Waals surface area contributed by atoms with Gasteiger partial charge in [0.05, 0.1) is 0 Å². The van der Waals surface area contributed by atoms with Crippen molar-refractivity contribution >= 4 is 0 Å². The maximum Gasteiger partial charge on any atom is -0.0292 e. The monoisotopic (exact) mass is 152 g/mol. The highest BCUT2D eigenvalue weighted by molar-refractivity contribution is 5.07. The van der Waals surface area contributed by atoms with E-state index in [0.717, 1.165) is 5.92 Å². The van der Waals surface area contributed by atoms with Crippen LogP contribution in [0.15, 0.2) is 11.6 Å². The fourth-order valence-electron chi connectivity index (χ4n) is 1.87. The van der Waals surface area contributed by atoms with Crippen molar-refractivity contribution in [2.75, 3.05) is 0 Å². The van der Waals surface area contributed by atoms with Gasteiger partial charge >= 0.3 is 0 Å². The van der Waals surface area contributed by atoms with Crippen LogP contribution >= 0.6 is 0 Å². The predicted molar refractivity (Wildman–Crippen MR) is 50.6 cm³/mol. The van der Waals surface area contributed by atoms with E-state index in [0.29, 0.717) is 0 Å². The second kappa shape index (κ2) is 4.58. The van der Waals surface area contributed by atoms with Crippen molar-refractivity contribution in [3.05, 3.63) is 11.6 Å². The summed E-state index contributed by atoms with van der Waals surface area (Å²) in [5.41, 5.74) is 1.73. The van der Waals surface area contributed by atoms with Crippen molar-refractivity contribution in [1.29, 1.82) is 0 Å². The van der Waals surface area contributed by atoms with Gasteiger partial charge in [0, 0.05) is 0 Å².